The van der Waals surface area contributed by atoms with Gasteiger partial charge in [-0.15, -0.1) is 10.2 Å². The number of nitrogens with one attached hydrogen (secondary N) is 1. The monoisotopic (exact) mass is 514 g/mol. The molecule has 2 aromatic carbocycles. The molecule has 0 fully saturated rings. The molecule has 0 radical (unpaired) electrons. The van der Waals surface area contributed by atoms with E-state index in [9.17, 15) is 4.79 Å². The fourth-order valence-electron chi connectivity index (χ4n) is 3.98. The average Bonchev–Trinajstić information content (AvgIpc) is 3.51. The smallest absolute Gasteiger partial charge is 0.247 e. The van der Waals surface area contributed by atoms with Crippen LogP contribution in [0, 0.1) is 19.7 Å². The number of hydrogen-bond donors (Lipinski definition) is 1. The van der Waals surface area contributed by atoms with Crippen LogP contribution < -0.4 is 10.1 Å². The molecule has 1 amide bonds. The summed E-state index contributed by atoms with van der Waals surface area (Å²) in [6.45, 7) is 9.56. The van der Waals surface area contributed by atoms with Crippen LogP contribution in [-0.4, -0.2) is 30.9 Å². The number of anilines is 1. The zero-order valence-corrected chi connectivity index (χ0v) is 21.7. The first-order valence-corrected chi connectivity index (χ1v) is 12.1. The number of aryl methyl sites for hydroxylation is 2. The predicted molar refractivity (Wildman–Crippen MR) is 141 cm³/mol. The molecule has 0 aliphatic rings. The number of aromatic nitrogens is 5. The quantitative estimate of drug-likeness (QED) is 0.298. The maximum absolute atomic E-state index is 15.1. The van der Waals surface area contributed by atoms with Gasteiger partial charge in [-0.25, -0.2) is 4.39 Å². The number of fused-ring (bicyclic) bond motifs is 1. The minimum Gasteiger partial charge on any atom is -0.456 e. The number of hydrogen-bond acceptors (Lipinski definition) is 7. The van der Waals surface area contributed by atoms with Crippen LogP contribution >= 0.6 is 0 Å². The third-order valence-corrected chi connectivity index (χ3v) is 5.94. The molecule has 0 aliphatic carbocycles. The molecule has 9 nitrogen and oxygen atoms in total. The van der Waals surface area contributed by atoms with E-state index in [1.165, 1.54) is 6.07 Å². The van der Waals surface area contributed by atoms with Gasteiger partial charge in [0.05, 0.1) is 29.4 Å². The van der Waals surface area contributed by atoms with E-state index in [1.54, 1.807) is 49.3 Å². The van der Waals surface area contributed by atoms with Gasteiger partial charge in [-0.05, 0) is 69.2 Å². The minimum absolute atomic E-state index is 0.126. The normalized spacial score (nSPS) is 11.6. The van der Waals surface area contributed by atoms with Crippen LogP contribution in [0.1, 0.15) is 37.8 Å². The Bertz CT molecular complexity index is 1650. The number of benzene rings is 2. The summed E-state index contributed by atoms with van der Waals surface area (Å²) in [6.07, 6.45) is 4.82. The third kappa shape index (κ3) is 5.24. The lowest BCUT2D eigenvalue weighted by atomic mass is 10.1. The summed E-state index contributed by atoms with van der Waals surface area (Å²) in [4.78, 5) is 17.0. The van der Waals surface area contributed by atoms with Gasteiger partial charge in [0.2, 0.25) is 17.7 Å². The molecule has 0 saturated heterocycles. The highest BCUT2D eigenvalue weighted by molar-refractivity contribution is 5.92. The standard InChI is InChI=1S/C28H27FN6O3/c1-16-10-19(12-26(36)32-20-14-31-35(15-20)28(3,4)5)22(29)13-25(16)38-24-8-9-30-23-7-6-18(11-21(23)24)27-34-33-17(2)37-27/h6-11,13-15H,12H2,1-5H3,(H,32,36). The fourth-order valence-corrected chi connectivity index (χ4v) is 3.98. The predicted octanol–water partition coefficient (Wildman–Crippen LogP) is 5.97. The van der Waals surface area contributed by atoms with Gasteiger partial charge in [0.15, 0.2) is 0 Å². The van der Waals surface area contributed by atoms with E-state index in [1.807, 2.05) is 39.0 Å². The van der Waals surface area contributed by atoms with Crippen molar-refractivity contribution in [3.05, 3.63) is 77.8 Å². The van der Waals surface area contributed by atoms with E-state index < -0.39 is 5.82 Å². The highest BCUT2D eigenvalue weighted by atomic mass is 19.1. The molecule has 38 heavy (non-hydrogen) atoms. The number of halogens is 1. The molecule has 3 heterocycles. The topological polar surface area (TPSA) is 108 Å². The fraction of sp³-hybridized carbons (Fsp3) is 0.250. The van der Waals surface area contributed by atoms with Crippen molar-refractivity contribution in [2.24, 2.45) is 0 Å². The molecule has 5 rings (SSSR count). The summed E-state index contributed by atoms with van der Waals surface area (Å²) in [7, 11) is 0. The van der Waals surface area contributed by atoms with Gasteiger partial charge in [-0.3, -0.25) is 14.5 Å². The number of ether oxygens (including phenoxy) is 1. The zero-order valence-electron chi connectivity index (χ0n) is 21.7. The molecule has 0 saturated carbocycles. The van der Waals surface area contributed by atoms with E-state index in [-0.39, 0.29) is 23.4 Å². The molecular formula is C28H27FN6O3. The molecule has 0 atom stereocenters. The minimum atomic E-state index is -0.536. The van der Waals surface area contributed by atoms with Crippen molar-refractivity contribution < 1.29 is 18.3 Å². The number of pyridine rings is 1. The van der Waals surface area contributed by atoms with Gasteiger partial charge < -0.3 is 14.5 Å². The first-order valence-electron chi connectivity index (χ1n) is 12.1. The highest BCUT2D eigenvalue weighted by Gasteiger charge is 2.17. The maximum atomic E-state index is 15.1. The Kier molecular flexibility index (Phi) is 6.40. The van der Waals surface area contributed by atoms with E-state index >= 15 is 4.39 Å². The summed E-state index contributed by atoms with van der Waals surface area (Å²) in [5, 5.41) is 15.7. The van der Waals surface area contributed by atoms with Crippen molar-refractivity contribution in [1.29, 1.82) is 0 Å². The summed E-state index contributed by atoms with van der Waals surface area (Å²) in [5.74, 6) is 0.805. The second kappa shape index (κ2) is 9.70. The number of amides is 1. The van der Waals surface area contributed by atoms with Crippen molar-refractivity contribution in [1.82, 2.24) is 25.0 Å². The van der Waals surface area contributed by atoms with Crippen LogP contribution in [0.5, 0.6) is 11.5 Å². The Labute approximate surface area is 218 Å². The van der Waals surface area contributed by atoms with Gasteiger partial charge in [0.1, 0.15) is 17.3 Å². The van der Waals surface area contributed by atoms with Gasteiger partial charge in [-0.2, -0.15) is 5.10 Å². The molecular weight excluding hydrogens is 487 g/mol. The molecule has 1 N–H and O–H groups in total. The van der Waals surface area contributed by atoms with Gasteiger partial charge >= 0.3 is 0 Å². The molecule has 3 aromatic heterocycles. The lowest BCUT2D eigenvalue weighted by Crippen LogP contribution is -2.22. The summed E-state index contributed by atoms with van der Waals surface area (Å²) < 4.78 is 28.5. The van der Waals surface area contributed by atoms with E-state index in [0.29, 0.717) is 51.0 Å². The van der Waals surface area contributed by atoms with Crippen molar-refractivity contribution in [3.63, 3.8) is 0 Å². The Morgan fingerprint density at radius 3 is 2.63 bits per heavy atom. The molecule has 194 valence electrons. The first-order chi connectivity index (χ1) is 18.1. The van der Waals surface area contributed by atoms with Gasteiger partial charge in [-0.1, -0.05) is 0 Å². The van der Waals surface area contributed by atoms with Crippen molar-refractivity contribution in [2.45, 2.75) is 46.6 Å². The number of rotatable bonds is 6. The Morgan fingerprint density at radius 1 is 1.11 bits per heavy atom. The Hall–Kier alpha value is -4.60. The van der Waals surface area contributed by atoms with Gasteiger partial charge in [0, 0.05) is 36.3 Å². The molecule has 0 spiro atoms. The Morgan fingerprint density at radius 2 is 1.92 bits per heavy atom. The lowest BCUT2D eigenvalue weighted by molar-refractivity contribution is -0.115. The Balaban J connectivity index is 1.36. The van der Waals surface area contributed by atoms with Crippen LogP contribution in [0.2, 0.25) is 0 Å². The zero-order chi connectivity index (χ0) is 27.0. The van der Waals surface area contributed by atoms with E-state index in [4.69, 9.17) is 9.15 Å². The van der Waals surface area contributed by atoms with Crippen LogP contribution in [0.15, 0.2) is 59.4 Å². The van der Waals surface area contributed by atoms with Crippen molar-refractivity contribution in [3.8, 4) is 23.0 Å². The van der Waals surface area contributed by atoms with Crippen molar-refractivity contribution >= 4 is 22.5 Å². The molecule has 10 heteroatoms. The molecule has 0 unspecified atom stereocenters. The third-order valence-electron chi connectivity index (χ3n) is 5.94. The van der Waals surface area contributed by atoms with Crippen LogP contribution in [0.4, 0.5) is 10.1 Å². The van der Waals surface area contributed by atoms with Gasteiger partial charge in [0.25, 0.3) is 0 Å². The second-order valence-corrected chi connectivity index (χ2v) is 10.0. The van der Waals surface area contributed by atoms with Crippen molar-refractivity contribution in [2.75, 3.05) is 5.32 Å². The molecule has 0 aliphatic heterocycles. The van der Waals surface area contributed by atoms with Crippen LogP contribution in [-0.2, 0) is 16.8 Å². The van der Waals surface area contributed by atoms with E-state index in [0.717, 1.165) is 0 Å². The SMILES string of the molecule is Cc1nnc(-c2ccc3nccc(Oc4cc(F)c(CC(=O)Nc5cnn(C(C)(C)C)c5)cc4C)c3c2)o1. The van der Waals surface area contributed by atoms with Crippen LogP contribution in [0.25, 0.3) is 22.4 Å². The summed E-state index contributed by atoms with van der Waals surface area (Å²) in [6, 6.07) is 10.1. The number of carbonyl (C=O) groups is 1. The number of carbonyl (C=O) groups excluding carboxylic acids is 1. The highest BCUT2D eigenvalue weighted by Crippen LogP contribution is 2.34. The number of nitrogens with zero attached hydrogens (tertiary/aromatic N) is 5. The van der Waals surface area contributed by atoms with Crippen LogP contribution in [0.3, 0.4) is 0 Å². The maximum Gasteiger partial charge on any atom is 0.247 e. The second-order valence-electron chi connectivity index (χ2n) is 10.0. The van der Waals surface area contributed by atoms with E-state index in [2.05, 4.69) is 25.6 Å². The average molecular weight is 515 g/mol. The molecule has 5 aromatic rings. The first kappa shape index (κ1) is 25.1. The molecule has 0 bridgehead atoms. The largest absolute Gasteiger partial charge is 0.456 e. The lowest BCUT2D eigenvalue weighted by Gasteiger charge is -2.18. The summed E-state index contributed by atoms with van der Waals surface area (Å²) in [5.41, 5.74) is 2.71. The summed E-state index contributed by atoms with van der Waals surface area (Å²) >= 11 is 0.